The standard InChI is InChI=1S/C16H20N2/c1-2-3-13-18(16-10-5-4-6-11-16)14-15-9-7-8-12-17-15/h4-12H,2-3,13-14H2,1H3. The number of benzene rings is 1. The zero-order valence-electron chi connectivity index (χ0n) is 10.9. The molecular formula is C16H20N2. The minimum atomic E-state index is 0.880. The van der Waals surface area contributed by atoms with Crippen LogP contribution >= 0.6 is 0 Å². The summed E-state index contributed by atoms with van der Waals surface area (Å²) in [6.07, 6.45) is 4.28. The molecule has 1 heterocycles. The van der Waals surface area contributed by atoms with Crippen LogP contribution in [-0.4, -0.2) is 11.5 Å². The average molecular weight is 240 g/mol. The minimum absolute atomic E-state index is 0.880. The second kappa shape index (κ2) is 6.80. The van der Waals surface area contributed by atoms with Crippen LogP contribution in [0.5, 0.6) is 0 Å². The molecule has 2 aromatic rings. The van der Waals surface area contributed by atoms with E-state index in [1.54, 1.807) is 0 Å². The van der Waals surface area contributed by atoms with Crippen LogP contribution < -0.4 is 4.90 Å². The molecule has 0 radical (unpaired) electrons. The predicted octanol–water partition coefficient (Wildman–Crippen LogP) is 3.89. The largest absolute Gasteiger partial charge is 0.366 e. The minimum Gasteiger partial charge on any atom is -0.366 e. The van der Waals surface area contributed by atoms with Crippen molar-refractivity contribution < 1.29 is 0 Å². The van der Waals surface area contributed by atoms with E-state index in [1.165, 1.54) is 18.5 Å². The molecule has 0 amide bonds. The Labute approximate surface area is 109 Å². The van der Waals surface area contributed by atoms with Crippen LogP contribution in [0.3, 0.4) is 0 Å². The number of rotatable bonds is 6. The smallest absolute Gasteiger partial charge is 0.0602 e. The van der Waals surface area contributed by atoms with Crippen LogP contribution in [0.1, 0.15) is 25.5 Å². The average Bonchev–Trinajstić information content (AvgIpc) is 2.45. The Bertz CT molecular complexity index is 439. The predicted molar refractivity (Wildman–Crippen MR) is 76.6 cm³/mol. The van der Waals surface area contributed by atoms with Crippen LogP contribution in [0, 0.1) is 0 Å². The van der Waals surface area contributed by atoms with Crippen molar-refractivity contribution in [3.8, 4) is 0 Å². The summed E-state index contributed by atoms with van der Waals surface area (Å²) in [4.78, 5) is 6.81. The van der Waals surface area contributed by atoms with Crippen molar-refractivity contribution in [2.24, 2.45) is 0 Å². The first-order valence-corrected chi connectivity index (χ1v) is 6.60. The highest BCUT2D eigenvalue weighted by molar-refractivity contribution is 5.46. The number of hydrogen-bond acceptors (Lipinski definition) is 2. The van der Waals surface area contributed by atoms with Gasteiger partial charge in [-0.3, -0.25) is 4.98 Å². The summed E-state index contributed by atoms with van der Waals surface area (Å²) in [6.45, 7) is 4.19. The molecule has 1 aromatic carbocycles. The molecular weight excluding hydrogens is 220 g/mol. The zero-order valence-corrected chi connectivity index (χ0v) is 10.9. The number of pyridine rings is 1. The molecule has 0 atom stereocenters. The number of para-hydroxylation sites is 1. The van der Waals surface area contributed by atoms with E-state index in [4.69, 9.17) is 0 Å². The third-order valence-corrected chi connectivity index (χ3v) is 2.98. The molecule has 2 rings (SSSR count). The van der Waals surface area contributed by atoms with E-state index in [9.17, 15) is 0 Å². The van der Waals surface area contributed by atoms with Crippen molar-refractivity contribution in [1.29, 1.82) is 0 Å². The maximum atomic E-state index is 4.41. The Balaban J connectivity index is 2.10. The molecule has 18 heavy (non-hydrogen) atoms. The lowest BCUT2D eigenvalue weighted by Gasteiger charge is -2.24. The zero-order chi connectivity index (χ0) is 12.6. The van der Waals surface area contributed by atoms with Gasteiger partial charge in [-0.15, -0.1) is 0 Å². The second-order valence-corrected chi connectivity index (χ2v) is 4.43. The summed E-state index contributed by atoms with van der Waals surface area (Å²) >= 11 is 0. The fraction of sp³-hybridized carbons (Fsp3) is 0.312. The summed E-state index contributed by atoms with van der Waals surface area (Å²) in [6, 6.07) is 16.7. The SMILES string of the molecule is CCCCN(Cc1ccccn1)c1ccccc1. The lowest BCUT2D eigenvalue weighted by atomic mass is 10.2. The van der Waals surface area contributed by atoms with Crippen molar-refractivity contribution in [2.75, 3.05) is 11.4 Å². The molecule has 0 aliphatic heterocycles. The number of anilines is 1. The molecule has 0 unspecified atom stereocenters. The molecule has 0 saturated carbocycles. The molecule has 1 aromatic heterocycles. The van der Waals surface area contributed by atoms with E-state index in [0.717, 1.165) is 18.8 Å². The van der Waals surface area contributed by atoms with Crippen molar-refractivity contribution in [3.63, 3.8) is 0 Å². The van der Waals surface area contributed by atoms with E-state index in [0.29, 0.717) is 0 Å². The van der Waals surface area contributed by atoms with Gasteiger partial charge in [-0.2, -0.15) is 0 Å². The molecule has 2 nitrogen and oxygen atoms in total. The van der Waals surface area contributed by atoms with Crippen molar-refractivity contribution in [3.05, 3.63) is 60.4 Å². The van der Waals surface area contributed by atoms with E-state index in [2.05, 4.69) is 53.2 Å². The number of unbranched alkanes of at least 4 members (excludes halogenated alkanes) is 1. The van der Waals surface area contributed by atoms with Gasteiger partial charge >= 0.3 is 0 Å². The molecule has 2 heteroatoms. The number of aromatic nitrogens is 1. The van der Waals surface area contributed by atoms with Gasteiger partial charge < -0.3 is 4.90 Å². The van der Waals surface area contributed by atoms with Gasteiger partial charge in [-0.1, -0.05) is 37.6 Å². The third kappa shape index (κ3) is 3.59. The maximum Gasteiger partial charge on any atom is 0.0602 e. The highest BCUT2D eigenvalue weighted by atomic mass is 15.1. The Kier molecular flexibility index (Phi) is 4.77. The molecule has 94 valence electrons. The fourth-order valence-electron chi connectivity index (χ4n) is 1.97. The fourth-order valence-corrected chi connectivity index (χ4v) is 1.97. The van der Waals surface area contributed by atoms with Crippen LogP contribution in [0.25, 0.3) is 0 Å². The van der Waals surface area contributed by atoms with E-state index in [-0.39, 0.29) is 0 Å². The summed E-state index contributed by atoms with van der Waals surface area (Å²) in [5.74, 6) is 0. The lowest BCUT2D eigenvalue weighted by Crippen LogP contribution is -2.24. The number of hydrogen-bond donors (Lipinski definition) is 0. The van der Waals surface area contributed by atoms with Gasteiger partial charge in [0.1, 0.15) is 0 Å². The van der Waals surface area contributed by atoms with E-state index < -0.39 is 0 Å². The topological polar surface area (TPSA) is 16.1 Å². The molecule has 0 saturated heterocycles. The van der Waals surface area contributed by atoms with Crippen LogP contribution in [-0.2, 0) is 6.54 Å². The first-order chi connectivity index (χ1) is 8.90. The molecule has 0 N–H and O–H groups in total. The summed E-state index contributed by atoms with van der Waals surface area (Å²) in [5, 5.41) is 0. The maximum absolute atomic E-state index is 4.41. The molecule has 0 aliphatic carbocycles. The summed E-state index contributed by atoms with van der Waals surface area (Å²) < 4.78 is 0. The quantitative estimate of drug-likeness (QED) is 0.761. The van der Waals surface area contributed by atoms with Crippen LogP contribution in [0.2, 0.25) is 0 Å². The molecule has 0 fully saturated rings. The first kappa shape index (κ1) is 12.6. The molecule has 0 bridgehead atoms. The number of nitrogens with zero attached hydrogens (tertiary/aromatic N) is 2. The normalized spacial score (nSPS) is 10.3. The highest BCUT2D eigenvalue weighted by Crippen LogP contribution is 2.16. The Morgan fingerprint density at radius 3 is 2.44 bits per heavy atom. The van der Waals surface area contributed by atoms with Gasteiger partial charge in [0.15, 0.2) is 0 Å². The van der Waals surface area contributed by atoms with Gasteiger partial charge in [-0.05, 0) is 30.7 Å². The highest BCUT2D eigenvalue weighted by Gasteiger charge is 2.06. The summed E-state index contributed by atoms with van der Waals surface area (Å²) in [7, 11) is 0. The Morgan fingerprint density at radius 2 is 1.78 bits per heavy atom. The van der Waals surface area contributed by atoms with E-state index >= 15 is 0 Å². The van der Waals surface area contributed by atoms with Crippen molar-refractivity contribution >= 4 is 5.69 Å². The van der Waals surface area contributed by atoms with Gasteiger partial charge in [0.05, 0.1) is 12.2 Å². The van der Waals surface area contributed by atoms with Gasteiger partial charge in [0, 0.05) is 18.4 Å². The summed E-state index contributed by atoms with van der Waals surface area (Å²) in [5.41, 5.74) is 2.40. The van der Waals surface area contributed by atoms with Gasteiger partial charge in [0.25, 0.3) is 0 Å². The third-order valence-electron chi connectivity index (χ3n) is 2.98. The lowest BCUT2D eigenvalue weighted by molar-refractivity contribution is 0.708. The van der Waals surface area contributed by atoms with Gasteiger partial charge in [-0.25, -0.2) is 0 Å². The Hall–Kier alpha value is -1.83. The van der Waals surface area contributed by atoms with Crippen LogP contribution in [0.4, 0.5) is 5.69 Å². The van der Waals surface area contributed by atoms with Crippen molar-refractivity contribution in [2.45, 2.75) is 26.3 Å². The second-order valence-electron chi connectivity index (χ2n) is 4.43. The van der Waals surface area contributed by atoms with Crippen LogP contribution in [0.15, 0.2) is 54.7 Å². The monoisotopic (exact) mass is 240 g/mol. The molecule has 0 aliphatic rings. The van der Waals surface area contributed by atoms with Gasteiger partial charge in [0.2, 0.25) is 0 Å². The first-order valence-electron chi connectivity index (χ1n) is 6.60. The van der Waals surface area contributed by atoms with Crippen molar-refractivity contribution in [1.82, 2.24) is 4.98 Å². The molecule has 0 spiro atoms. The Morgan fingerprint density at radius 1 is 1.00 bits per heavy atom. The van der Waals surface area contributed by atoms with E-state index in [1.807, 2.05) is 18.3 Å².